The van der Waals surface area contributed by atoms with E-state index in [0.717, 1.165) is 23.7 Å². The summed E-state index contributed by atoms with van der Waals surface area (Å²) in [5, 5.41) is 0. The number of hydrogen-bond donors (Lipinski definition) is 0. The van der Waals surface area contributed by atoms with Gasteiger partial charge in [0.15, 0.2) is 0 Å². The van der Waals surface area contributed by atoms with Gasteiger partial charge in [0, 0.05) is 5.57 Å². The molecule has 3 aliphatic rings. The molecule has 3 fully saturated rings. The van der Waals surface area contributed by atoms with Crippen molar-refractivity contribution in [1.29, 1.82) is 0 Å². The summed E-state index contributed by atoms with van der Waals surface area (Å²) in [5.41, 5.74) is 0.433. The molecule has 3 nitrogen and oxygen atoms in total. The first-order valence-corrected chi connectivity index (χ1v) is 9.03. The van der Waals surface area contributed by atoms with Crippen LogP contribution in [0.1, 0.15) is 59.3 Å². The van der Waals surface area contributed by atoms with Crippen molar-refractivity contribution in [3.05, 3.63) is 12.2 Å². The highest BCUT2D eigenvalue weighted by Gasteiger charge is 2.57. The van der Waals surface area contributed by atoms with E-state index in [1.54, 1.807) is 6.92 Å². The van der Waals surface area contributed by atoms with Gasteiger partial charge in [-0.1, -0.05) is 26.3 Å². The third-order valence-electron chi connectivity index (χ3n) is 6.24. The minimum Gasteiger partial charge on any atom is -0.433 e. The molecule has 0 aliphatic heterocycles. The van der Waals surface area contributed by atoms with E-state index in [1.165, 1.54) is 38.5 Å². The van der Waals surface area contributed by atoms with Crippen molar-refractivity contribution < 1.29 is 14.3 Å². The molecule has 0 spiro atoms. The molecule has 0 N–H and O–H groups in total. The zero-order valence-electron chi connectivity index (χ0n) is 14.2. The maximum absolute atomic E-state index is 11.6. The molecule has 22 heavy (non-hydrogen) atoms. The molecule has 7 unspecified atom stereocenters. The lowest BCUT2D eigenvalue weighted by molar-refractivity contribution is -0.189. The van der Waals surface area contributed by atoms with Gasteiger partial charge in [0.1, 0.15) is 0 Å². The number of carbonyl (C=O) groups is 1. The van der Waals surface area contributed by atoms with Gasteiger partial charge < -0.3 is 9.47 Å². The topological polar surface area (TPSA) is 35.5 Å². The minimum absolute atomic E-state index is 0.289. The van der Waals surface area contributed by atoms with Crippen molar-refractivity contribution in [3.63, 3.8) is 0 Å². The molecule has 0 radical (unpaired) electrons. The van der Waals surface area contributed by atoms with Crippen LogP contribution in [0.25, 0.3) is 0 Å². The Hall–Kier alpha value is -0.830. The Morgan fingerprint density at radius 2 is 2.05 bits per heavy atom. The van der Waals surface area contributed by atoms with Gasteiger partial charge >= 0.3 is 5.97 Å². The van der Waals surface area contributed by atoms with Gasteiger partial charge in [-0.15, -0.1) is 0 Å². The lowest BCUT2D eigenvalue weighted by Crippen LogP contribution is -2.36. The zero-order chi connectivity index (χ0) is 15.9. The van der Waals surface area contributed by atoms with Crippen molar-refractivity contribution in [2.24, 2.45) is 29.6 Å². The van der Waals surface area contributed by atoms with Gasteiger partial charge in [-0.05, 0) is 69.1 Å². The quantitative estimate of drug-likeness (QED) is 0.416. The summed E-state index contributed by atoms with van der Waals surface area (Å²) in [6.45, 7) is 9.43. The van der Waals surface area contributed by atoms with Crippen LogP contribution in [-0.4, -0.2) is 18.4 Å². The fraction of sp³-hybridized carbons (Fsp3) is 0.842. The van der Waals surface area contributed by atoms with E-state index in [9.17, 15) is 4.79 Å². The van der Waals surface area contributed by atoms with Crippen molar-refractivity contribution >= 4 is 5.97 Å². The number of hydrogen-bond acceptors (Lipinski definition) is 3. The van der Waals surface area contributed by atoms with Gasteiger partial charge in [0.05, 0.1) is 6.10 Å². The second kappa shape index (κ2) is 6.35. The van der Waals surface area contributed by atoms with E-state index < -0.39 is 6.29 Å². The molecule has 0 aromatic rings. The van der Waals surface area contributed by atoms with Gasteiger partial charge in [0.25, 0.3) is 0 Å². The molecular weight excluding hydrogens is 276 g/mol. The first kappa shape index (κ1) is 16.0. The number of esters is 1. The summed E-state index contributed by atoms with van der Waals surface area (Å²) in [4.78, 5) is 11.6. The molecule has 7 atom stereocenters. The average molecular weight is 306 g/mol. The number of carbonyl (C=O) groups excluding carboxylic acids is 1. The van der Waals surface area contributed by atoms with Crippen LogP contribution in [0.4, 0.5) is 0 Å². The third-order valence-corrected chi connectivity index (χ3v) is 6.24. The highest BCUT2D eigenvalue weighted by molar-refractivity contribution is 5.86. The van der Waals surface area contributed by atoms with Gasteiger partial charge in [0.2, 0.25) is 6.29 Å². The van der Waals surface area contributed by atoms with E-state index in [2.05, 4.69) is 13.5 Å². The standard InChI is InChI=1S/C19H30O3/c1-5-6-13-7-8-15-14-9-16(18(13)15)17(10-14)21-12(4)22-19(20)11(2)3/h12-18H,2,5-10H2,1,3-4H3. The third kappa shape index (κ3) is 2.84. The minimum atomic E-state index is -0.460. The lowest BCUT2D eigenvalue weighted by Gasteiger charge is -2.35. The second-order valence-electron chi connectivity index (χ2n) is 7.69. The van der Waals surface area contributed by atoms with Gasteiger partial charge in [-0.3, -0.25) is 0 Å². The number of ether oxygens (including phenoxy) is 2. The molecule has 3 aliphatic carbocycles. The van der Waals surface area contributed by atoms with E-state index in [4.69, 9.17) is 9.47 Å². The van der Waals surface area contributed by atoms with Gasteiger partial charge in [-0.2, -0.15) is 0 Å². The van der Waals surface area contributed by atoms with E-state index in [0.29, 0.717) is 11.5 Å². The number of fused-ring (bicyclic) bond motifs is 5. The second-order valence-corrected chi connectivity index (χ2v) is 7.69. The summed E-state index contributed by atoms with van der Waals surface area (Å²) in [5.74, 6) is 3.93. The first-order chi connectivity index (χ1) is 10.5. The molecule has 0 heterocycles. The Balaban J connectivity index is 1.58. The summed E-state index contributed by atoms with van der Waals surface area (Å²) in [7, 11) is 0. The highest BCUT2D eigenvalue weighted by Crippen LogP contribution is 2.62. The Morgan fingerprint density at radius 1 is 1.27 bits per heavy atom. The molecule has 0 saturated heterocycles. The Labute approximate surface area is 134 Å². The zero-order valence-corrected chi connectivity index (χ0v) is 14.2. The van der Waals surface area contributed by atoms with Crippen LogP contribution in [0, 0.1) is 29.6 Å². The fourth-order valence-electron chi connectivity index (χ4n) is 5.57. The van der Waals surface area contributed by atoms with Crippen molar-refractivity contribution in [3.8, 4) is 0 Å². The summed E-state index contributed by atoms with van der Waals surface area (Å²) in [6, 6.07) is 0. The average Bonchev–Trinajstić information content (AvgIpc) is 3.11. The lowest BCUT2D eigenvalue weighted by atomic mass is 9.75. The van der Waals surface area contributed by atoms with Crippen LogP contribution in [0.5, 0.6) is 0 Å². The normalized spacial score (nSPS) is 40.5. The molecular formula is C19H30O3. The molecule has 0 aromatic heterocycles. The molecule has 3 heteroatoms. The smallest absolute Gasteiger partial charge is 0.335 e. The van der Waals surface area contributed by atoms with Crippen LogP contribution in [0.3, 0.4) is 0 Å². The van der Waals surface area contributed by atoms with E-state index in [-0.39, 0.29) is 12.1 Å². The molecule has 124 valence electrons. The van der Waals surface area contributed by atoms with Crippen molar-refractivity contribution in [1.82, 2.24) is 0 Å². The maximum atomic E-state index is 11.6. The highest BCUT2D eigenvalue weighted by atomic mass is 16.7. The largest absolute Gasteiger partial charge is 0.433 e. The summed E-state index contributed by atoms with van der Waals surface area (Å²) < 4.78 is 11.4. The van der Waals surface area contributed by atoms with Crippen LogP contribution in [0.15, 0.2) is 12.2 Å². The van der Waals surface area contributed by atoms with Crippen molar-refractivity contribution in [2.75, 3.05) is 0 Å². The molecule has 0 aromatic carbocycles. The van der Waals surface area contributed by atoms with Crippen molar-refractivity contribution in [2.45, 2.75) is 71.7 Å². The van der Waals surface area contributed by atoms with Crippen LogP contribution in [0.2, 0.25) is 0 Å². The Bertz CT molecular complexity index is 444. The van der Waals surface area contributed by atoms with E-state index >= 15 is 0 Å². The Morgan fingerprint density at radius 3 is 2.73 bits per heavy atom. The predicted molar refractivity (Wildman–Crippen MR) is 86.1 cm³/mol. The van der Waals surface area contributed by atoms with E-state index in [1.807, 2.05) is 6.92 Å². The fourth-order valence-corrected chi connectivity index (χ4v) is 5.57. The summed E-state index contributed by atoms with van der Waals surface area (Å²) in [6.07, 6.45) is 7.85. The Kier molecular flexibility index (Phi) is 4.63. The van der Waals surface area contributed by atoms with Crippen LogP contribution < -0.4 is 0 Å². The molecule has 3 saturated carbocycles. The molecule has 3 rings (SSSR count). The van der Waals surface area contributed by atoms with Gasteiger partial charge in [-0.25, -0.2) is 4.79 Å². The molecule has 2 bridgehead atoms. The van der Waals surface area contributed by atoms with Crippen LogP contribution >= 0.6 is 0 Å². The number of rotatable bonds is 6. The molecule has 0 amide bonds. The SMILES string of the molecule is C=C(C)C(=O)OC(C)OC1CC2CC1C1C(CCC)CCC21. The first-order valence-electron chi connectivity index (χ1n) is 9.03. The van der Waals surface area contributed by atoms with Crippen LogP contribution in [-0.2, 0) is 14.3 Å². The summed E-state index contributed by atoms with van der Waals surface area (Å²) >= 11 is 0. The predicted octanol–water partition coefficient (Wildman–Crippen LogP) is 4.32. The monoisotopic (exact) mass is 306 g/mol. The maximum Gasteiger partial charge on any atom is 0.335 e.